The summed E-state index contributed by atoms with van der Waals surface area (Å²) in [7, 11) is 0. The summed E-state index contributed by atoms with van der Waals surface area (Å²) in [5.74, 6) is -2.25. The van der Waals surface area contributed by atoms with Crippen molar-refractivity contribution in [2.45, 2.75) is 315 Å². The monoisotopic (exact) mass is 2000 g/mol. The highest BCUT2D eigenvalue weighted by molar-refractivity contribution is 5.87. The summed E-state index contributed by atoms with van der Waals surface area (Å²) in [5.41, 5.74) is 5.16. The van der Waals surface area contributed by atoms with Crippen molar-refractivity contribution in [1.29, 1.82) is 0 Å². The normalized spacial score (nSPS) is 35.2. The number of hydrogen-bond donors (Lipinski definition) is 1. The molecule has 12 aliphatic rings. The van der Waals surface area contributed by atoms with Crippen LogP contribution < -0.4 is 0 Å². The minimum Gasteiger partial charge on any atom is -0.481 e. The van der Waals surface area contributed by atoms with Crippen LogP contribution in [0.25, 0.3) is 64.6 Å². The largest absolute Gasteiger partial charge is 0.481 e. The Balaban J connectivity index is 0.481. The van der Waals surface area contributed by atoms with E-state index in [1.807, 2.05) is 24.3 Å². The van der Waals surface area contributed by atoms with Crippen molar-refractivity contribution >= 4 is 70.6 Å². The van der Waals surface area contributed by atoms with Crippen molar-refractivity contribution in [1.82, 2.24) is 0 Å². The molecule has 0 bridgehead atoms. The van der Waals surface area contributed by atoms with E-state index in [1.165, 1.54) is 26.9 Å². The smallest absolute Gasteiger partial charge is 0.306 e. The number of carbonyl (C=O) groups is 1. The molecule has 1 spiro atoms. The molecule has 9 fully saturated rings. The lowest BCUT2D eigenvalue weighted by Gasteiger charge is -2.53. The predicted molar refractivity (Wildman–Crippen MR) is 567 cm³/mol. The van der Waals surface area contributed by atoms with Crippen molar-refractivity contribution in [2.24, 2.45) is 23.7 Å². The molecule has 33 atom stereocenters. The molecule has 12 aliphatic heterocycles. The molecule has 0 aliphatic carbocycles. The standard InChI is InChI=1S/C127H136O21/c1-7-21-101-102(50-51-104-103(138-101)52-53-105-108(139-104)62-115-123(144-105)124(135-73-85-41-47-91-27-13-19-33-97(91)61-85)122-106(141-115)35-20-34-98(137-122)48-49-99(131-69-81-37-43-87-23-9-15-29-93(87)57-81)74-130-68-80-36-42-86-22-8-14-28-92(86)56-80)140-110-64-116(133-71-83-39-45-89-25-11-17-31-95(89)59-83)126(6)117(143-112(110)66-118(128)129)65-111-113(147-126)55-76(2)54-107-109(142-111)63-114-119(145-107)78(4)120(134-72-84-40-46-90-26-12-18-32-96(90)60-84)125-121(146-114)77(3)79(5)127(148-125)67-100(75-136-127)132-70-82-38-44-88-24-10-16-30-94(88)58-82/h7-20,22-34,36-53,56-61,76-79,98-117,119-125H,1,21,35,54-55,62-75H2,2-6H3,(H,128,129)/b49-48+/t76-,77+,78-,79+,98-,99+,100+,101-,102+,103+,104-,105-,106+,107+,108+,109-,110-,111+,112+,113-,114+,115-,116-,117-,119-,120+,121-,122+,123-,124-,125+,126+,127-/m1/s1. The molecular weight excluding hydrogens is 1860 g/mol. The Labute approximate surface area is 866 Å². The highest BCUT2D eigenvalue weighted by Crippen LogP contribution is 2.54. The molecule has 0 unspecified atom stereocenters. The number of carboxylic acids is 1. The molecule has 21 heteroatoms. The number of ether oxygens (including phenoxy) is 19. The fraction of sp³-hybridized carbons (Fsp3) is 0.441. The van der Waals surface area contributed by atoms with Crippen LogP contribution in [-0.4, -0.2) is 200 Å². The van der Waals surface area contributed by atoms with Crippen molar-refractivity contribution in [3.8, 4) is 0 Å². The summed E-state index contributed by atoms with van der Waals surface area (Å²) in [4.78, 5) is 13.8. The fourth-order valence-corrected chi connectivity index (χ4v) is 25.8. The van der Waals surface area contributed by atoms with Crippen LogP contribution >= 0.6 is 0 Å². The van der Waals surface area contributed by atoms with Gasteiger partial charge in [0, 0.05) is 43.9 Å². The highest BCUT2D eigenvalue weighted by atomic mass is 16.7. The van der Waals surface area contributed by atoms with Gasteiger partial charge in [0.1, 0.15) is 54.4 Å². The Morgan fingerprint density at radius 1 is 0.426 bits per heavy atom. The van der Waals surface area contributed by atoms with Crippen molar-refractivity contribution in [2.75, 3.05) is 13.2 Å². The van der Waals surface area contributed by atoms with Crippen LogP contribution in [0, 0.1) is 23.7 Å². The second kappa shape index (κ2) is 43.8. The SMILES string of the molecule is C=CC[C@H]1O[C@H]2C=C[C@H]3O[C@H]4[C@H](OCc5ccc6ccccc6c5)[C@H]5O[C@@H](/C=C/[C@@H](COCc6ccc7ccccc7c6)OCc6ccc7ccccc7c6)C=CC[C@@H]5O[C@@H]4C[C@@H]3O[C@@H]2C=C[C@@H]1O[C@@H]1C[C@@H](OCc2ccc3ccccc3c2)[C@]2(C)O[C@@H]3C[C@H](C)C[C@@H]4O[C@@H]5[C@@H](C)[C@H](OCc6ccc7ccccc7c6)[C@@H]6O[C@]7(C[C@H](OCc8ccc9ccccc9c8)CO7)[C@@H](C)[C@H](C)[C@H]6O[C@H]5C[C@H]4O[C@H]3C[C@H]2O[C@H]1CC(=O)O. The summed E-state index contributed by atoms with van der Waals surface area (Å²) < 4.78 is 140. The minimum atomic E-state index is -1.15. The zero-order valence-electron chi connectivity index (χ0n) is 84.9. The number of rotatable bonds is 27. The van der Waals surface area contributed by atoms with E-state index in [0.717, 1.165) is 71.1 Å². The van der Waals surface area contributed by atoms with Gasteiger partial charge in [-0.3, -0.25) is 4.79 Å². The average Bonchev–Trinajstić information content (AvgIpc) is 1.58. The third-order valence-electron chi connectivity index (χ3n) is 33.9. The quantitative estimate of drug-likeness (QED) is 0.0474. The Morgan fingerprint density at radius 2 is 0.919 bits per heavy atom. The van der Waals surface area contributed by atoms with Crippen LogP contribution in [0.4, 0.5) is 0 Å². The summed E-state index contributed by atoms with van der Waals surface area (Å²) in [6.45, 7) is 18.3. The van der Waals surface area contributed by atoms with Gasteiger partial charge in [-0.2, -0.15) is 0 Å². The summed E-state index contributed by atoms with van der Waals surface area (Å²) >= 11 is 0. The molecule has 12 aromatic rings. The van der Waals surface area contributed by atoms with Crippen LogP contribution in [0.15, 0.2) is 316 Å². The van der Waals surface area contributed by atoms with Crippen LogP contribution in [0.1, 0.15) is 132 Å². The molecular formula is C127H136O21. The molecule has 24 rings (SSSR count). The molecule has 0 saturated carbocycles. The number of benzene rings is 12. The van der Waals surface area contributed by atoms with E-state index in [1.54, 1.807) is 0 Å². The molecule has 0 radical (unpaired) electrons. The van der Waals surface area contributed by atoms with Gasteiger partial charge in [-0.1, -0.05) is 301 Å². The van der Waals surface area contributed by atoms with Crippen molar-refractivity contribution in [3.63, 3.8) is 0 Å². The zero-order chi connectivity index (χ0) is 100. The maximum atomic E-state index is 13.8. The molecule has 0 amide bonds. The summed E-state index contributed by atoms with van der Waals surface area (Å²) in [5, 5.41) is 25.1. The summed E-state index contributed by atoms with van der Waals surface area (Å²) in [6, 6.07) is 89.2. The van der Waals surface area contributed by atoms with Gasteiger partial charge in [-0.05, 0) is 179 Å². The van der Waals surface area contributed by atoms with Crippen molar-refractivity contribution < 1.29 is 99.9 Å². The first kappa shape index (κ1) is 99.6. The lowest BCUT2D eigenvalue weighted by molar-refractivity contribution is -0.342. The van der Waals surface area contributed by atoms with E-state index in [-0.39, 0.29) is 55.3 Å². The lowest BCUT2D eigenvalue weighted by atomic mass is 9.75. The van der Waals surface area contributed by atoms with Crippen LogP contribution in [0.3, 0.4) is 0 Å². The first-order valence-electron chi connectivity index (χ1n) is 54.0. The maximum Gasteiger partial charge on any atom is 0.306 e. The topological polar surface area (TPSA) is 213 Å². The Kier molecular flexibility index (Phi) is 29.4. The fourth-order valence-electron chi connectivity index (χ4n) is 25.8. The molecule has 0 aromatic heterocycles. The first-order chi connectivity index (χ1) is 72.4. The van der Waals surface area contributed by atoms with E-state index < -0.39 is 170 Å². The number of fused-ring (bicyclic) bond motifs is 15. The van der Waals surface area contributed by atoms with Crippen LogP contribution in [0.5, 0.6) is 0 Å². The van der Waals surface area contributed by atoms with Gasteiger partial charge >= 0.3 is 5.97 Å². The van der Waals surface area contributed by atoms with Gasteiger partial charge in [0.25, 0.3) is 0 Å². The van der Waals surface area contributed by atoms with E-state index >= 15 is 0 Å². The second-order valence-corrected chi connectivity index (χ2v) is 43.9. The van der Waals surface area contributed by atoms with Gasteiger partial charge in [0.2, 0.25) is 0 Å². The highest BCUT2D eigenvalue weighted by Gasteiger charge is 2.64. The lowest BCUT2D eigenvalue weighted by Crippen LogP contribution is -2.64. The summed E-state index contributed by atoms with van der Waals surface area (Å²) in [6.07, 6.45) is 8.00. The minimum absolute atomic E-state index is 0.0484. The molecule has 21 nitrogen and oxygen atoms in total. The Morgan fingerprint density at radius 3 is 1.51 bits per heavy atom. The number of carboxylic acid groups (broad SMARTS) is 1. The molecule has 12 aromatic carbocycles. The van der Waals surface area contributed by atoms with Gasteiger partial charge in [0.05, 0.1) is 175 Å². The third kappa shape index (κ3) is 21.3. The van der Waals surface area contributed by atoms with Gasteiger partial charge in [0.15, 0.2) is 5.79 Å². The predicted octanol–water partition coefficient (Wildman–Crippen LogP) is 22.9. The van der Waals surface area contributed by atoms with E-state index in [4.69, 9.17) is 90.0 Å². The van der Waals surface area contributed by atoms with Gasteiger partial charge < -0.3 is 95.1 Å². The third-order valence-corrected chi connectivity index (χ3v) is 33.9. The van der Waals surface area contributed by atoms with E-state index in [0.29, 0.717) is 97.6 Å². The Bertz CT molecular complexity index is 6840. The number of aliphatic carboxylic acids is 1. The Hall–Kier alpha value is -10.4. The van der Waals surface area contributed by atoms with Crippen molar-refractivity contribution in [3.05, 3.63) is 349 Å². The van der Waals surface area contributed by atoms with E-state index in [2.05, 4.69) is 326 Å². The number of hydrogen-bond acceptors (Lipinski definition) is 20. The average molecular weight is 2000 g/mol. The zero-order valence-corrected chi connectivity index (χ0v) is 84.9. The van der Waals surface area contributed by atoms with Gasteiger partial charge in [-0.15, -0.1) is 6.58 Å². The van der Waals surface area contributed by atoms with E-state index in [9.17, 15) is 9.90 Å². The molecule has 770 valence electrons. The molecule has 12 heterocycles. The first-order valence-corrected chi connectivity index (χ1v) is 54.0. The van der Waals surface area contributed by atoms with Crippen LogP contribution in [0.2, 0.25) is 0 Å². The maximum absolute atomic E-state index is 13.8. The van der Waals surface area contributed by atoms with Crippen LogP contribution in [-0.2, 0) is 134 Å². The molecule has 1 N–H and O–H groups in total. The second-order valence-electron chi connectivity index (χ2n) is 43.9. The molecule has 148 heavy (non-hydrogen) atoms. The van der Waals surface area contributed by atoms with Gasteiger partial charge in [-0.25, -0.2) is 0 Å². The molecule has 9 saturated heterocycles.